The van der Waals surface area contributed by atoms with Crippen LogP contribution in [0.3, 0.4) is 0 Å². The van der Waals surface area contributed by atoms with Gasteiger partial charge in [0.05, 0.1) is 5.39 Å². The predicted molar refractivity (Wildman–Crippen MR) is 107 cm³/mol. The molecule has 0 aliphatic heterocycles. The molecular formula is C22H13Cl2FO2. The molecule has 0 fully saturated rings. The molecule has 0 amide bonds. The molecule has 0 unspecified atom stereocenters. The molecule has 0 spiro atoms. The fourth-order valence-electron chi connectivity index (χ4n) is 3.08. The van der Waals surface area contributed by atoms with Crippen LogP contribution in [0.4, 0.5) is 4.39 Å². The normalized spacial score (nSPS) is 11.1. The van der Waals surface area contributed by atoms with Crippen LogP contribution in [-0.2, 0) is 6.42 Å². The van der Waals surface area contributed by atoms with Crippen molar-refractivity contribution in [3.05, 3.63) is 104 Å². The van der Waals surface area contributed by atoms with Crippen LogP contribution in [0.1, 0.15) is 11.1 Å². The van der Waals surface area contributed by atoms with Crippen molar-refractivity contribution >= 4 is 34.2 Å². The van der Waals surface area contributed by atoms with Crippen LogP contribution in [-0.4, -0.2) is 0 Å². The maximum absolute atomic E-state index is 13.7. The van der Waals surface area contributed by atoms with Crippen LogP contribution in [0.5, 0.6) is 0 Å². The first-order chi connectivity index (χ1) is 13.0. The quantitative estimate of drug-likeness (QED) is 0.394. The third-order valence-corrected chi connectivity index (χ3v) is 4.77. The van der Waals surface area contributed by atoms with Gasteiger partial charge in [-0.25, -0.2) is 4.39 Å². The van der Waals surface area contributed by atoms with Crippen molar-refractivity contribution in [2.24, 2.45) is 0 Å². The van der Waals surface area contributed by atoms with E-state index in [0.29, 0.717) is 38.9 Å². The van der Waals surface area contributed by atoms with Crippen molar-refractivity contribution in [3.63, 3.8) is 0 Å². The maximum atomic E-state index is 13.7. The standard InChI is InChI=1S/C22H13Cl2FO2/c23-15-5-1-3-13(9-15)10-19-21(26)18-12-17(25)7-8-20(18)27-22(19)14-4-2-6-16(24)11-14/h1-9,11-12H,10H2. The van der Waals surface area contributed by atoms with Crippen LogP contribution < -0.4 is 5.43 Å². The molecule has 0 aliphatic carbocycles. The SMILES string of the molecule is O=c1c(Cc2cccc(Cl)c2)c(-c2cccc(Cl)c2)oc2ccc(F)cc12. The minimum atomic E-state index is -0.487. The first-order valence-electron chi connectivity index (χ1n) is 8.27. The van der Waals surface area contributed by atoms with Crippen molar-refractivity contribution in [2.75, 3.05) is 0 Å². The van der Waals surface area contributed by atoms with E-state index in [1.807, 2.05) is 18.2 Å². The number of hydrogen-bond acceptors (Lipinski definition) is 2. The van der Waals surface area contributed by atoms with Gasteiger partial charge < -0.3 is 4.42 Å². The molecule has 27 heavy (non-hydrogen) atoms. The van der Waals surface area contributed by atoms with Gasteiger partial charge in [0.25, 0.3) is 0 Å². The van der Waals surface area contributed by atoms with E-state index < -0.39 is 5.82 Å². The van der Waals surface area contributed by atoms with Crippen molar-refractivity contribution < 1.29 is 8.81 Å². The third kappa shape index (κ3) is 3.61. The average Bonchev–Trinajstić information content (AvgIpc) is 2.64. The molecule has 1 aromatic heterocycles. The monoisotopic (exact) mass is 398 g/mol. The van der Waals surface area contributed by atoms with E-state index in [4.69, 9.17) is 27.6 Å². The minimum absolute atomic E-state index is 0.206. The van der Waals surface area contributed by atoms with E-state index in [1.165, 1.54) is 18.2 Å². The Balaban J connectivity index is 1.99. The highest BCUT2D eigenvalue weighted by molar-refractivity contribution is 6.31. The second-order valence-corrected chi connectivity index (χ2v) is 7.07. The summed E-state index contributed by atoms with van der Waals surface area (Å²) < 4.78 is 19.7. The summed E-state index contributed by atoms with van der Waals surface area (Å²) in [6, 6.07) is 18.3. The fourth-order valence-corrected chi connectivity index (χ4v) is 3.48. The first kappa shape index (κ1) is 17.8. The van der Waals surface area contributed by atoms with E-state index in [-0.39, 0.29) is 10.8 Å². The Kier molecular flexibility index (Phi) is 4.73. The molecule has 0 saturated heterocycles. The molecule has 1 heterocycles. The Morgan fingerprint density at radius 1 is 0.889 bits per heavy atom. The Labute approximate surface area is 164 Å². The topological polar surface area (TPSA) is 30.2 Å². The minimum Gasteiger partial charge on any atom is -0.456 e. The van der Waals surface area contributed by atoms with Gasteiger partial charge in [0.2, 0.25) is 0 Å². The highest BCUT2D eigenvalue weighted by Gasteiger charge is 2.17. The lowest BCUT2D eigenvalue weighted by Gasteiger charge is -2.11. The summed E-state index contributed by atoms with van der Waals surface area (Å²) in [6.45, 7) is 0. The molecule has 0 N–H and O–H groups in total. The molecule has 3 aromatic carbocycles. The summed E-state index contributed by atoms with van der Waals surface area (Å²) in [7, 11) is 0. The highest BCUT2D eigenvalue weighted by atomic mass is 35.5. The van der Waals surface area contributed by atoms with Crippen molar-refractivity contribution in [1.29, 1.82) is 0 Å². The van der Waals surface area contributed by atoms with E-state index in [1.54, 1.807) is 30.3 Å². The van der Waals surface area contributed by atoms with Gasteiger partial charge in [-0.3, -0.25) is 4.79 Å². The zero-order chi connectivity index (χ0) is 19.0. The Morgan fingerprint density at radius 3 is 2.37 bits per heavy atom. The van der Waals surface area contributed by atoms with Crippen LogP contribution in [0.15, 0.2) is 75.9 Å². The molecule has 0 bridgehead atoms. The van der Waals surface area contributed by atoms with Gasteiger partial charge in [-0.1, -0.05) is 47.5 Å². The second kappa shape index (κ2) is 7.18. The number of rotatable bonds is 3. The molecular weight excluding hydrogens is 386 g/mol. The molecule has 0 atom stereocenters. The van der Waals surface area contributed by atoms with E-state index in [0.717, 1.165) is 5.56 Å². The highest BCUT2D eigenvalue weighted by Crippen LogP contribution is 2.30. The van der Waals surface area contributed by atoms with Crippen molar-refractivity contribution in [3.8, 4) is 11.3 Å². The lowest BCUT2D eigenvalue weighted by atomic mass is 9.98. The smallest absolute Gasteiger partial charge is 0.196 e. The molecule has 2 nitrogen and oxygen atoms in total. The number of halogens is 3. The summed E-state index contributed by atoms with van der Waals surface area (Å²) in [5, 5.41) is 1.31. The number of hydrogen-bond donors (Lipinski definition) is 0. The van der Waals surface area contributed by atoms with Gasteiger partial charge in [0.1, 0.15) is 17.2 Å². The van der Waals surface area contributed by atoms with Crippen LogP contribution in [0.25, 0.3) is 22.3 Å². The molecule has 0 aliphatic rings. The molecule has 4 rings (SSSR count). The third-order valence-electron chi connectivity index (χ3n) is 4.30. The maximum Gasteiger partial charge on any atom is 0.196 e. The van der Waals surface area contributed by atoms with Gasteiger partial charge in [-0.15, -0.1) is 0 Å². The molecule has 4 aromatic rings. The Morgan fingerprint density at radius 2 is 1.63 bits per heavy atom. The molecule has 134 valence electrons. The number of fused-ring (bicyclic) bond motifs is 1. The van der Waals surface area contributed by atoms with E-state index >= 15 is 0 Å². The van der Waals surface area contributed by atoms with E-state index in [2.05, 4.69) is 0 Å². The molecule has 5 heteroatoms. The summed E-state index contributed by atoms with van der Waals surface area (Å²) in [5.41, 5.74) is 2.02. The predicted octanol–water partition coefficient (Wildman–Crippen LogP) is 6.50. The summed E-state index contributed by atoms with van der Waals surface area (Å²) >= 11 is 12.2. The fraction of sp³-hybridized carbons (Fsp3) is 0.0455. The van der Waals surface area contributed by atoms with E-state index in [9.17, 15) is 9.18 Å². The number of benzene rings is 3. The Hall–Kier alpha value is -2.62. The second-order valence-electron chi connectivity index (χ2n) is 6.20. The van der Waals surface area contributed by atoms with Gasteiger partial charge in [-0.2, -0.15) is 0 Å². The summed E-state index contributed by atoms with van der Waals surface area (Å²) in [6.07, 6.45) is 0.303. The van der Waals surface area contributed by atoms with Gasteiger partial charge in [0, 0.05) is 27.6 Å². The van der Waals surface area contributed by atoms with Crippen LogP contribution in [0.2, 0.25) is 10.0 Å². The zero-order valence-electron chi connectivity index (χ0n) is 14.0. The average molecular weight is 399 g/mol. The lowest BCUT2D eigenvalue weighted by molar-refractivity contribution is 0.603. The largest absolute Gasteiger partial charge is 0.456 e. The lowest BCUT2D eigenvalue weighted by Crippen LogP contribution is -2.12. The van der Waals surface area contributed by atoms with Crippen LogP contribution in [0, 0.1) is 5.82 Å². The van der Waals surface area contributed by atoms with Crippen molar-refractivity contribution in [1.82, 2.24) is 0 Å². The Bertz CT molecular complexity index is 1210. The van der Waals surface area contributed by atoms with Gasteiger partial charge in [-0.05, 0) is 48.0 Å². The van der Waals surface area contributed by atoms with Gasteiger partial charge in [0.15, 0.2) is 5.43 Å². The van der Waals surface area contributed by atoms with Crippen molar-refractivity contribution in [2.45, 2.75) is 6.42 Å². The molecule has 0 radical (unpaired) electrons. The van der Waals surface area contributed by atoms with Crippen LogP contribution >= 0.6 is 23.2 Å². The zero-order valence-corrected chi connectivity index (χ0v) is 15.5. The summed E-state index contributed by atoms with van der Waals surface area (Å²) in [5.74, 6) is -0.0689. The first-order valence-corrected chi connectivity index (χ1v) is 9.02. The van der Waals surface area contributed by atoms with Gasteiger partial charge >= 0.3 is 0 Å². The molecule has 0 saturated carbocycles. The summed E-state index contributed by atoms with van der Waals surface area (Å²) in [4.78, 5) is 13.2.